The number of nitrogens with zero attached hydrogens (tertiary/aromatic N) is 2. The third-order valence-electron chi connectivity index (χ3n) is 2.84. The number of anilines is 1. The van der Waals surface area contributed by atoms with E-state index < -0.39 is 0 Å². The molecule has 0 aromatic carbocycles. The minimum Gasteiger partial charge on any atom is -0.383 e. The molecule has 0 radical (unpaired) electrons. The Bertz CT molecular complexity index is 350. The quantitative estimate of drug-likeness (QED) is 0.725. The molecule has 1 aromatic rings. The van der Waals surface area contributed by atoms with Crippen LogP contribution in [-0.4, -0.2) is 51.5 Å². The molecule has 0 saturated carbocycles. The van der Waals surface area contributed by atoms with Gasteiger partial charge in [-0.15, -0.1) is 0 Å². The van der Waals surface area contributed by atoms with Crippen LogP contribution in [-0.2, 0) is 15.9 Å². The van der Waals surface area contributed by atoms with Crippen LogP contribution in [0.1, 0.15) is 12.5 Å². The van der Waals surface area contributed by atoms with E-state index in [0.29, 0.717) is 13.2 Å². The summed E-state index contributed by atoms with van der Waals surface area (Å²) in [6.07, 6.45) is 2.63. The molecule has 0 saturated heterocycles. The lowest BCUT2D eigenvalue weighted by atomic mass is 10.1. The number of ether oxygens (including phenoxy) is 2. The topological polar surface area (TPSA) is 60.6 Å². The molecule has 108 valence electrons. The maximum absolute atomic E-state index is 5.90. The Hall–Kier alpha value is -1.17. The number of hydrogen-bond acceptors (Lipinski definition) is 5. The standard InChI is InChI=1S/C14H25N3O2/c1-12(15)11-13-5-4-6-16-14(13)17(7-9-18-2)8-10-19-3/h4-6,12H,7-11,15H2,1-3H3. The minimum atomic E-state index is 0.120. The third-order valence-corrected chi connectivity index (χ3v) is 2.84. The van der Waals surface area contributed by atoms with Gasteiger partial charge in [-0.3, -0.25) is 0 Å². The zero-order chi connectivity index (χ0) is 14.1. The summed E-state index contributed by atoms with van der Waals surface area (Å²) in [7, 11) is 3.41. The molecule has 0 bridgehead atoms. The molecule has 0 fully saturated rings. The summed E-state index contributed by atoms with van der Waals surface area (Å²) in [5, 5.41) is 0. The summed E-state index contributed by atoms with van der Waals surface area (Å²) in [6, 6.07) is 4.15. The van der Waals surface area contributed by atoms with Crippen molar-refractivity contribution in [2.75, 3.05) is 45.4 Å². The van der Waals surface area contributed by atoms with Gasteiger partial charge in [0.2, 0.25) is 0 Å². The van der Waals surface area contributed by atoms with E-state index in [1.165, 1.54) is 5.56 Å². The van der Waals surface area contributed by atoms with E-state index in [0.717, 1.165) is 25.3 Å². The van der Waals surface area contributed by atoms with E-state index in [1.807, 2.05) is 19.2 Å². The van der Waals surface area contributed by atoms with Crippen LogP contribution in [0.3, 0.4) is 0 Å². The molecule has 0 amide bonds. The SMILES string of the molecule is COCCN(CCOC)c1ncccc1CC(C)N. The second-order valence-electron chi connectivity index (χ2n) is 4.64. The molecule has 0 aliphatic carbocycles. The van der Waals surface area contributed by atoms with Crippen LogP contribution >= 0.6 is 0 Å². The largest absolute Gasteiger partial charge is 0.383 e. The smallest absolute Gasteiger partial charge is 0.131 e. The normalized spacial score (nSPS) is 12.4. The first-order valence-corrected chi connectivity index (χ1v) is 6.61. The molecule has 0 aliphatic heterocycles. The Labute approximate surface area is 115 Å². The zero-order valence-corrected chi connectivity index (χ0v) is 12.1. The lowest BCUT2D eigenvalue weighted by Gasteiger charge is -2.25. The Kier molecular flexibility index (Phi) is 7.40. The molecule has 19 heavy (non-hydrogen) atoms. The molecular formula is C14H25N3O2. The van der Waals surface area contributed by atoms with Crippen LogP contribution in [0.4, 0.5) is 5.82 Å². The van der Waals surface area contributed by atoms with Crippen molar-refractivity contribution in [1.29, 1.82) is 0 Å². The first-order chi connectivity index (χ1) is 9.19. The summed E-state index contributed by atoms with van der Waals surface area (Å²) < 4.78 is 10.3. The number of pyridine rings is 1. The van der Waals surface area contributed by atoms with E-state index in [-0.39, 0.29) is 6.04 Å². The first kappa shape index (κ1) is 15.9. The molecular weight excluding hydrogens is 242 g/mol. The highest BCUT2D eigenvalue weighted by molar-refractivity contribution is 5.47. The average Bonchev–Trinajstić information content (AvgIpc) is 2.39. The molecule has 2 N–H and O–H groups in total. The van der Waals surface area contributed by atoms with E-state index in [9.17, 15) is 0 Å². The van der Waals surface area contributed by atoms with Crippen molar-refractivity contribution >= 4 is 5.82 Å². The highest BCUT2D eigenvalue weighted by Crippen LogP contribution is 2.18. The van der Waals surface area contributed by atoms with Crippen molar-refractivity contribution in [2.24, 2.45) is 5.73 Å². The van der Waals surface area contributed by atoms with Crippen molar-refractivity contribution < 1.29 is 9.47 Å². The van der Waals surface area contributed by atoms with Crippen LogP contribution < -0.4 is 10.6 Å². The number of methoxy groups -OCH3 is 2. The predicted molar refractivity (Wildman–Crippen MR) is 77.6 cm³/mol. The highest BCUT2D eigenvalue weighted by Gasteiger charge is 2.13. The average molecular weight is 267 g/mol. The van der Waals surface area contributed by atoms with E-state index in [4.69, 9.17) is 15.2 Å². The van der Waals surface area contributed by atoms with Gasteiger partial charge in [-0.1, -0.05) is 6.07 Å². The molecule has 5 heteroatoms. The van der Waals surface area contributed by atoms with Gasteiger partial charge in [0.1, 0.15) is 5.82 Å². The second-order valence-corrected chi connectivity index (χ2v) is 4.64. The molecule has 1 rings (SSSR count). The number of nitrogens with two attached hydrogens (primary N) is 1. The summed E-state index contributed by atoms with van der Waals surface area (Å²) in [6.45, 7) is 4.92. The minimum absolute atomic E-state index is 0.120. The number of hydrogen-bond donors (Lipinski definition) is 1. The van der Waals surface area contributed by atoms with Gasteiger partial charge < -0.3 is 20.1 Å². The van der Waals surface area contributed by atoms with Crippen molar-refractivity contribution in [2.45, 2.75) is 19.4 Å². The number of rotatable bonds is 9. The molecule has 0 spiro atoms. The molecule has 1 unspecified atom stereocenters. The van der Waals surface area contributed by atoms with Crippen molar-refractivity contribution in [3.63, 3.8) is 0 Å². The maximum Gasteiger partial charge on any atom is 0.131 e. The highest BCUT2D eigenvalue weighted by atomic mass is 16.5. The van der Waals surface area contributed by atoms with Crippen molar-refractivity contribution in [1.82, 2.24) is 4.98 Å². The summed E-state index contributed by atoms with van der Waals surface area (Å²) in [5.74, 6) is 0.980. The zero-order valence-electron chi connectivity index (χ0n) is 12.1. The predicted octanol–water partition coefficient (Wildman–Crippen LogP) is 1.07. The van der Waals surface area contributed by atoms with Gasteiger partial charge in [-0.25, -0.2) is 4.98 Å². The maximum atomic E-state index is 5.90. The van der Waals surface area contributed by atoms with Crippen LogP contribution in [0.15, 0.2) is 18.3 Å². The molecule has 1 aromatic heterocycles. The lowest BCUT2D eigenvalue weighted by molar-refractivity contribution is 0.190. The Morgan fingerprint density at radius 3 is 2.42 bits per heavy atom. The van der Waals surface area contributed by atoms with Gasteiger partial charge in [0.25, 0.3) is 0 Å². The lowest BCUT2D eigenvalue weighted by Crippen LogP contribution is -2.33. The van der Waals surface area contributed by atoms with Gasteiger partial charge >= 0.3 is 0 Å². The van der Waals surface area contributed by atoms with E-state index >= 15 is 0 Å². The van der Waals surface area contributed by atoms with E-state index in [1.54, 1.807) is 14.2 Å². The van der Waals surface area contributed by atoms with Gasteiger partial charge in [-0.2, -0.15) is 0 Å². The van der Waals surface area contributed by atoms with Gasteiger partial charge in [-0.05, 0) is 25.0 Å². The molecule has 0 aliphatic rings. The first-order valence-electron chi connectivity index (χ1n) is 6.61. The third kappa shape index (κ3) is 5.55. The van der Waals surface area contributed by atoms with Crippen LogP contribution in [0.2, 0.25) is 0 Å². The van der Waals surface area contributed by atoms with Gasteiger partial charge in [0.05, 0.1) is 13.2 Å². The summed E-state index contributed by atoms with van der Waals surface area (Å²) in [5.41, 5.74) is 7.07. The summed E-state index contributed by atoms with van der Waals surface area (Å²) >= 11 is 0. The fraction of sp³-hybridized carbons (Fsp3) is 0.643. The molecule has 1 heterocycles. The van der Waals surface area contributed by atoms with Crippen molar-refractivity contribution in [3.05, 3.63) is 23.9 Å². The summed E-state index contributed by atoms with van der Waals surface area (Å²) in [4.78, 5) is 6.68. The Morgan fingerprint density at radius 2 is 1.89 bits per heavy atom. The molecule has 1 atom stereocenters. The second kappa shape index (κ2) is 8.85. The van der Waals surface area contributed by atoms with Gasteiger partial charge in [0, 0.05) is 39.5 Å². The van der Waals surface area contributed by atoms with Crippen LogP contribution in [0, 0.1) is 0 Å². The monoisotopic (exact) mass is 267 g/mol. The Balaban J connectivity index is 2.85. The molecule has 5 nitrogen and oxygen atoms in total. The Morgan fingerprint density at radius 1 is 1.26 bits per heavy atom. The number of aromatic nitrogens is 1. The van der Waals surface area contributed by atoms with Crippen LogP contribution in [0.25, 0.3) is 0 Å². The van der Waals surface area contributed by atoms with E-state index in [2.05, 4.69) is 16.0 Å². The van der Waals surface area contributed by atoms with Crippen molar-refractivity contribution in [3.8, 4) is 0 Å². The fourth-order valence-electron chi connectivity index (χ4n) is 1.95. The fourth-order valence-corrected chi connectivity index (χ4v) is 1.95. The van der Waals surface area contributed by atoms with Gasteiger partial charge in [0.15, 0.2) is 0 Å². The van der Waals surface area contributed by atoms with Crippen LogP contribution in [0.5, 0.6) is 0 Å².